The molecule has 0 saturated heterocycles. The van der Waals surface area contributed by atoms with Crippen LogP contribution in [0, 0.1) is 6.92 Å². The zero-order valence-electron chi connectivity index (χ0n) is 12.2. The summed E-state index contributed by atoms with van der Waals surface area (Å²) in [6, 6.07) is 13.0. The van der Waals surface area contributed by atoms with Gasteiger partial charge >= 0.3 is 0 Å². The number of methoxy groups -OCH3 is 1. The van der Waals surface area contributed by atoms with E-state index >= 15 is 0 Å². The van der Waals surface area contributed by atoms with E-state index in [1.807, 2.05) is 31.2 Å². The fraction of sp³-hybridized carbons (Fsp3) is 0.294. The van der Waals surface area contributed by atoms with Gasteiger partial charge in [-0.3, -0.25) is 0 Å². The standard InChI is InChI=1S/C17H19ClO3/c1-12-4-3-5-14(10-12)21-9-8-16(19)15-11-13(18)6-7-17(15)20-2/h3-7,10-11,16,19H,8-9H2,1-2H3. The van der Waals surface area contributed by atoms with Crippen LogP contribution in [0.3, 0.4) is 0 Å². The summed E-state index contributed by atoms with van der Waals surface area (Å²) in [7, 11) is 1.57. The number of benzene rings is 2. The second-order valence-corrected chi connectivity index (χ2v) is 5.29. The molecule has 0 aromatic heterocycles. The van der Waals surface area contributed by atoms with Gasteiger partial charge in [-0.15, -0.1) is 0 Å². The Hall–Kier alpha value is -1.71. The molecule has 0 bridgehead atoms. The Kier molecular flexibility index (Phi) is 5.48. The number of ether oxygens (including phenoxy) is 2. The van der Waals surface area contributed by atoms with Crippen molar-refractivity contribution in [2.45, 2.75) is 19.4 Å². The van der Waals surface area contributed by atoms with Crippen LogP contribution >= 0.6 is 11.6 Å². The highest BCUT2D eigenvalue weighted by Gasteiger charge is 2.14. The summed E-state index contributed by atoms with van der Waals surface area (Å²) >= 11 is 5.97. The molecule has 112 valence electrons. The molecule has 2 rings (SSSR count). The third-order valence-corrected chi connectivity index (χ3v) is 3.44. The first-order valence-corrected chi connectivity index (χ1v) is 7.19. The highest BCUT2D eigenvalue weighted by atomic mass is 35.5. The van der Waals surface area contributed by atoms with E-state index in [-0.39, 0.29) is 0 Å². The lowest BCUT2D eigenvalue weighted by Crippen LogP contribution is -2.07. The lowest BCUT2D eigenvalue weighted by Gasteiger charge is -2.15. The number of aliphatic hydroxyl groups excluding tert-OH is 1. The van der Waals surface area contributed by atoms with E-state index in [0.29, 0.717) is 29.4 Å². The van der Waals surface area contributed by atoms with Crippen LogP contribution in [0.5, 0.6) is 11.5 Å². The second-order valence-electron chi connectivity index (χ2n) is 4.86. The Morgan fingerprint density at radius 1 is 1.19 bits per heavy atom. The molecule has 0 amide bonds. The minimum Gasteiger partial charge on any atom is -0.496 e. The predicted molar refractivity (Wildman–Crippen MR) is 84.3 cm³/mol. The van der Waals surface area contributed by atoms with Crippen molar-refractivity contribution in [3.8, 4) is 11.5 Å². The molecule has 1 unspecified atom stereocenters. The summed E-state index contributed by atoms with van der Waals surface area (Å²) in [5, 5.41) is 10.8. The number of aliphatic hydroxyl groups is 1. The van der Waals surface area contributed by atoms with Crippen LogP contribution in [0.25, 0.3) is 0 Å². The van der Waals surface area contributed by atoms with Crippen LogP contribution in [0.15, 0.2) is 42.5 Å². The zero-order valence-corrected chi connectivity index (χ0v) is 12.9. The Morgan fingerprint density at radius 3 is 2.71 bits per heavy atom. The summed E-state index contributed by atoms with van der Waals surface area (Å²) in [6.45, 7) is 2.43. The van der Waals surface area contributed by atoms with E-state index in [9.17, 15) is 5.11 Å². The summed E-state index contributed by atoms with van der Waals surface area (Å²) in [5.74, 6) is 1.43. The van der Waals surface area contributed by atoms with E-state index in [1.54, 1.807) is 25.3 Å². The van der Waals surface area contributed by atoms with Gasteiger partial charge in [-0.25, -0.2) is 0 Å². The summed E-state index contributed by atoms with van der Waals surface area (Å²) < 4.78 is 10.9. The molecule has 4 heteroatoms. The molecule has 1 atom stereocenters. The van der Waals surface area contributed by atoms with Crippen LogP contribution < -0.4 is 9.47 Å². The van der Waals surface area contributed by atoms with Crippen molar-refractivity contribution in [1.29, 1.82) is 0 Å². The number of halogens is 1. The Morgan fingerprint density at radius 2 is 2.00 bits per heavy atom. The molecule has 3 nitrogen and oxygen atoms in total. The van der Waals surface area contributed by atoms with Crippen molar-refractivity contribution in [2.24, 2.45) is 0 Å². The van der Waals surface area contributed by atoms with Crippen LogP contribution in [-0.4, -0.2) is 18.8 Å². The summed E-state index contributed by atoms with van der Waals surface area (Å²) in [5.41, 5.74) is 1.82. The minimum atomic E-state index is -0.677. The van der Waals surface area contributed by atoms with Gasteiger partial charge in [-0.2, -0.15) is 0 Å². The quantitative estimate of drug-likeness (QED) is 0.871. The largest absolute Gasteiger partial charge is 0.496 e. The summed E-state index contributed by atoms with van der Waals surface area (Å²) in [6.07, 6.45) is -0.214. The van der Waals surface area contributed by atoms with Gasteiger partial charge in [0, 0.05) is 17.0 Å². The number of hydrogen-bond donors (Lipinski definition) is 1. The SMILES string of the molecule is COc1ccc(Cl)cc1C(O)CCOc1cccc(C)c1. The van der Waals surface area contributed by atoms with Gasteiger partial charge in [0.2, 0.25) is 0 Å². The van der Waals surface area contributed by atoms with Crippen molar-refractivity contribution in [3.63, 3.8) is 0 Å². The topological polar surface area (TPSA) is 38.7 Å². The number of rotatable bonds is 6. The van der Waals surface area contributed by atoms with E-state index in [4.69, 9.17) is 21.1 Å². The molecular formula is C17H19ClO3. The molecule has 2 aromatic carbocycles. The minimum absolute atomic E-state index is 0.417. The van der Waals surface area contributed by atoms with Gasteiger partial charge < -0.3 is 14.6 Å². The second kappa shape index (κ2) is 7.34. The maximum Gasteiger partial charge on any atom is 0.124 e. The third-order valence-electron chi connectivity index (χ3n) is 3.20. The van der Waals surface area contributed by atoms with Gasteiger partial charge in [0.25, 0.3) is 0 Å². The average molecular weight is 307 g/mol. The molecular weight excluding hydrogens is 288 g/mol. The lowest BCUT2D eigenvalue weighted by molar-refractivity contribution is 0.137. The highest BCUT2D eigenvalue weighted by molar-refractivity contribution is 6.30. The molecule has 0 radical (unpaired) electrons. The number of aryl methyl sites for hydroxylation is 1. The van der Waals surface area contributed by atoms with Gasteiger partial charge in [-0.05, 0) is 42.8 Å². The molecule has 0 aliphatic carbocycles. The van der Waals surface area contributed by atoms with Crippen molar-refractivity contribution >= 4 is 11.6 Å². The lowest BCUT2D eigenvalue weighted by atomic mass is 10.1. The maximum atomic E-state index is 10.3. The van der Waals surface area contributed by atoms with E-state index in [1.165, 1.54) is 0 Å². The van der Waals surface area contributed by atoms with E-state index in [0.717, 1.165) is 11.3 Å². The highest BCUT2D eigenvalue weighted by Crippen LogP contribution is 2.30. The third kappa shape index (κ3) is 4.38. The fourth-order valence-electron chi connectivity index (χ4n) is 2.11. The molecule has 0 spiro atoms. The van der Waals surface area contributed by atoms with Crippen molar-refractivity contribution in [3.05, 3.63) is 58.6 Å². The Bertz CT molecular complexity index is 598. The maximum absolute atomic E-state index is 10.3. The average Bonchev–Trinajstić information content (AvgIpc) is 2.47. The van der Waals surface area contributed by atoms with Gasteiger partial charge in [0.1, 0.15) is 11.5 Å². The van der Waals surface area contributed by atoms with Gasteiger partial charge in [0.05, 0.1) is 19.8 Å². The Balaban J connectivity index is 1.95. The molecule has 0 heterocycles. The zero-order chi connectivity index (χ0) is 15.2. The van der Waals surface area contributed by atoms with Crippen molar-refractivity contribution in [2.75, 3.05) is 13.7 Å². The molecule has 1 N–H and O–H groups in total. The van der Waals surface area contributed by atoms with Crippen molar-refractivity contribution < 1.29 is 14.6 Å². The van der Waals surface area contributed by atoms with Gasteiger partial charge in [-0.1, -0.05) is 23.7 Å². The Labute approximate surface area is 130 Å². The summed E-state index contributed by atoms with van der Waals surface area (Å²) in [4.78, 5) is 0. The molecule has 2 aromatic rings. The van der Waals surface area contributed by atoms with E-state index in [2.05, 4.69) is 0 Å². The molecule has 0 fully saturated rings. The van der Waals surface area contributed by atoms with Crippen LogP contribution in [-0.2, 0) is 0 Å². The first-order valence-electron chi connectivity index (χ1n) is 6.81. The monoisotopic (exact) mass is 306 g/mol. The number of hydrogen-bond acceptors (Lipinski definition) is 3. The molecule has 0 aliphatic heterocycles. The van der Waals surface area contributed by atoms with Crippen LogP contribution in [0.2, 0.25) is 5.02 Å². The van der Waals surface area contributed by atoms with E-state index < -0.39 is 6.10 Å². The molecule has 0 saturated carbocycles. The first kappa shape index (κ1) is 15.7. The van der Waals surface area contributed by atoms with Gasteiger partial charge in [0.15, 0.2) is 0 Å². The fourth-order valence-corrected chi connectivity index (χ4v) is 2.30. The van der Waals surface area contributed by atoms with Crippen molar-refractivity contribution in [1.82, 2.24) is 0 Å². The molecule has 21 heavy (non-hydrogen) atoms. The van der Waals surface area contributed by atoms with Crippen LogP contribution in [0.4, 0.5) is 0 Å². The normalized spacial score (nSPS) is 12.0. The van der Waals surface area contributed by atoms with Crippen LogP contribution in [0.1, 0.15) is 23.7 Å². The predicted octanol–water partition coefficient (Wildman–Crippen LogP) is 4.16. The molecule has 0 aliphatic rings. The smallest absolute Gasteiger partial charge is 0.124 e. The first-order chi connectivity index (χ1) is 10.1.